The normalized spacial score (nSPS) is 24.9. The zero-order chi connectivity index (χ0) is 9.38. The van der Waals surface area contributed by atoms with Crippen LogP contribution in [0.1, 0.15) is 23.5 Å². The second kappa shape index (κ2) is 3.00. The predicted molar refractivity (Wildman–Crippen MR) is 51.7 cm³/mol. The summed E-state index contributed by atoms with van der Waals surface area (Å²) < 4.78 is 10.8. The van der Waals surface area contributed by atoms with Crippen LogP contribution in [0.2, 0.25) is 0 Å². The lowest BCUT2D eigenvalue weighted by molar-refractivity contribution is 0.349. The molecular formula is C12H10O2. The Kier molecular flexibility index (Phi) is 1.67. The van der Waals surface area contributed by atoms with Crippen LogP contribution in [-0.4, -0.2) is 0 Å². The Bertz CT molecular complexity index is 405. The second-order valence-electron chi connectivity index (χ2n) is 3.40. The van der Waals surface area contributed by atoms with Gasteiger partial charge in [0.15, 0.2) is 0 Å². The lowest BCUT2D eigenvalue weighted by Gasteiger charge is -1.92. The van der Waals surface area contributed by atoms with Crippen LogP contribution in [0, 0.1) is 0 Å². The maximum absolute atomic E-state index is 5.55. The van der Waals surface area contributed by atoms with E-state index in [2.05, 4.69) is 12.1 Å². The zero-order valence-corrected chi connectivity index (χ0v) is 7.59. The average Bonchev–Trinajstić information content (AvgIpc) is 2.87. The summed E-state index contributed by atoms with van der Waals surface area (Å²) in [5.41, 5.74) is 1.22. The van der Waals surface area contributed by atoms with E-state index in [1.807, 2.05) is 30.3 Å². The monoisotopic (exact) mass is 186 g/mol. The molecule has 0 amide bonds. The quantitative estimate of drug-likeness (QED) is 0.673. The van der Waals surface area contributed by atoms with E-state index < -0.39 is 0 Å². The van der Waals surface area contributed by atoms with E-state index in [0.717, 1.165) is 5.76 Å². The van der Waals surface area contributed by atoms with Crippen molar-refractivity contribution in [1.29, 1.82) is 0 Å². The fraction of sp³-hybridized carbons (Fsp3) is 0.167. The van der Waals surface area contributed by atoms with Crippen LogP contribution in [0.4, 0.5) is 0 Å². The molecule has 2 heteroatoms. The maximum atomic E-state index is 5.55. The van der Waals surface area contributed by atoms with E-state index >= 15 is 0 Å². The summed E-state index contributed by atoms with van der Waals surface area (Å²) in [4.78, 5) is 0. The fourth-order valence-corrected chi connectivity index (χ4v) is 1.68. The van der Waals surface area contributed by atoms with Crippen LogP contribution in [0.5, 0.6) is 0 Å². The molecule has 1 aliphatic heterocycles. The molecule has 2 nitrogen and oxygen atoms in total. The molecule has 2 atom stereocenters. The molecule has 1 aliphatic rings. The fourth-order valence-electron chi connectivity index (χ4n) is 1.68. The first-order valence-corrected chi connectivity index (χ1v) is 4.69. The Labute approximate surface area is 82.1 Å². The molecule has 1 aromatic carbocycles. The number of rotatable bonds is 2. The van der Waals surface area contributed by atoms with Gasteiger partial charge in [-0.15, -0.1) is 0 Å². The van der Waals surface area contributed by atoms with Gasteiger partial charge < -0.3 is 9.15 Å². The smallest absolute Gasteiger partial charge is 0.146 e. The highest BCUT2D eigenvalue weighted by Gasteiger charge is 2.43. The number of furan rings is 1. The Morgan fingerprint density at radius 3 is 2.43 bits per heavy atom. The molecule has 0 bridgehead atoms. The minimum Gasteiger partial charge on any atom is -0.466 e. The Hall–Kier alpha value is -1.54. The van der Waals surface area contributed by atoms with Crippen molar-refractivity contribution in [2.75, 3.05) is 0 Å². The molecule has 3 rings (SSSR count). The third-order valence-electron chi connectivity index (χ3n) is 2.44. The van der Waals surface area contributed by atoms with Gasteiger partial charge in [-0.25, -0.2) is 0 Å². The van der Waals surface area contributed by atoms with Gasteiger partial charge in [-0.3, -0.25) is 0 Å². The van der Waals surface area contributed by atoms with E-state index in [4.69, 9.17) is 9.15 Å². The van der Waals surface area contributed by atoms with E-state index in [1.54, 1.807) is 6.26 Å². The van der Waals surface area contributed by atoms with Crippen molar-refractivity contribution >= 4 is 0 Å². The summed E-state index contributed by atoms with van der Waals surface area (Å²) in [6, 6.07) is 14.0. The molecule has 0 spiro atoms. The van der Waals surface area contributed by atoms with Crippen molar-refractivity contribution in [1.82, 2.24) is 0 Å². The van der Waals surface area contributed by atoms with Crippen molar-refractivity contribution in [3.05, 3.63) is 60.1 Å². The molecule has 2 aromatic rings. The lowest BCUT2D eigenvalue weighted by atomic mass is 10.1. The van der Waals surface area contributed by atoms with Gasteiger partial charge in [0.05, 0.1) is 6.26 Å². The average molecular weight is 186 g/mol. The highest BCUT2D eigenvalue weighted by Crippen LogP contribution is 2.50. The summed E-state index contributed by atoms with van der Waals surface area (Å²) >= 11 is 0. The van der Waals surface area contributed by atoms with Gasteiger partial charge in [0, 0.05) is 0 Å². The number of hydrogen-bond donors (Lipinski definition) is 0. The first-order chi connectivity index (χ1) is 6.95. The van der Waals surface area contributed by atoms with Gasteiger partial charge in [0.1, 0.15) is 18.0 Å². The van der Waals surface area contributed by atoms with Gasteiger partial charge in [-0.05, 0) is 17.7 Å². The summed E-state index contributed by atoms with van der Waals surface area (Å²) in [6.45, 7) is 0. The van der Waals surface area contributed by atoms with Gasteiger partial charge in [-0.1, -0.05) is 30.3 Å². The third-order valence-corrected chi connectivity index (χ3v) is 2.44. The molecule has 1 saturated heterocycles. The molecule has 0 N–H and O–H groups in total. The molecule has 14 heavy (non-hydrogen) atoms. The van der Waals surface area contributed by atoms with Crippen molar-refractivity contribution in [3.8, 4) is 0 Å². The summed E-state index contributed by atoms with van der Waals surface area (Å²) in [5, 5.41) is 0. The van der Waals surface area contributed by atoms with E-state index in [1.165, 1.54) is 5.56 Å². The molecule has 0 radical (unpaired) electrons. The molecule has 1 fully saturated rings. The topological polar surface area (TPSA) is 25.7 Å². The molecule has 0 aliphatic carbocycles. The molecular weight excluding hydrogens is 176 g/mol. The molecule has 2 unspecified atom stereocenters. The minimum atomic E-state index is 0.118. The van der Waals surface area contributed by atoms with Crippen molar-refractivity contribution in [3.63, 3.8) is 0 Å². The largest absolute Gasteiger partial charge is 0.466 e. The first kappa shape index (κ1) is 7.83. The molecule has 2 heterocycles. The summed E-state index contributed by atoms with van der Waals surface area (Å²) in [7, 11) is 0. The predicted octanol–water partition coefficient (Wildman–Crippen LogP) is 3.09. The first-order valence-electron chi connectivity index (χ1n) is 4.69. The Balaban J connectivity index is 1.81. The highest BCUT2D eigenvalue weighted by atomic mass is 16.6. The van der Waals surface area contributed by atoms with E-state index in [9.17, 15) is 0 Å². The van der Waals surface area contributed by atoms with Crippen LogP contribution in [0.3, 0.4) is 0 Å². The van der Waals surface area contributed by atoms with Crippen molar-refractivity contribution in [2.24, 2.45) is 0 Å². The van der Waals surface area contributed by atoms with Gasteiger partial charge in [0.25, 0.3) is 0 Å². The van der Waals surface area contributed by atoms with Crippen LogP contribution >= 0.6 is 0 Å². The van der Waals surface area contributed by atoms with Crippen LogP contribution in [0.15, 0.2) is 53.1 Å². The van der Waals surface area contributed by atoms with E-state index in [-0.39, 0.29) is 12.2 Å². The standard InChI is InChI=1S/C12H10O2/c1-2-5-9(6-3-1)11-12(14-11)10-7-4-8-13-10/h1-8,11-12H. The van der Waals surface area contributed by atoms with Crippen LogP contribution < -0.4 is 0 Å². The number of ether oxygens (including phenoxy) is 1. The second-order valence-corrected chi connectivity index (χ2v) is 3.40. The SMILES string of the molecule is c1ccc(C2OC2c2ccco2)cc1. The summed E-state index contributed by atoms with van der Waals surface area (Å²) in [6.07, 6.45) is 1.98. The van der Waals surface area contributed by atoms with Gasteiger partial charge >= 0.3 is 0 Å². The van der Waals surface area contributed by atoms with E-state index in [0.29, 0.717) is 0 Å². The number of epoxide rings is 1. The highest BCUT2D eigenvalue weighted by molar-refractivity contribution is 5.25. The Morgan fingerprint density at radius 1 is 0.857 bits per heavy atom. The number of hydrogen-bond acceptors (Lipinski definition) is 2. The third kappa shape index (κ3) is 1.24. The van der Waals surface area contributed by atoms with Crippen LogP contribution in [-0.2, 0) is 4.74 Å². The van der Waals surface area contributed by atoms with Crippen LogP contribution in [0.25, 0.3) is 0 Å². The zero-order valence-electron chi connectivity index (χ0n) is 7.59. The van der Waals surface area contributed by atoms with Crippen molar-refractivity contribution in [2.45, 2.75) is 12.2 Å². The molecule has 70 valence electrons. The molecule has 1 aromatic heterocycles. The molecule has 0 saturated carbocycles. The lowest BCUT2D eigenvalue weighted by Crippen LogP contribution is -1.80. The maximum Gasteiger partial charge on any atom is 0.146 e. The summed E-state index contributed by atoms with van der Waals surface area (Å²) in [5.74, 6) is 0.916. The minimum absolute atomic E-state index is 0.118. The Morgan fingerprint density at radius 2 is 1.71 bits per heavy atom. The van der Waals surface area contributed by atoms with Gasteiger partial charge in [0.2, 0.25) is 0 Å². The number of benzene rings is 1. The van der Waals surface area contributed by atoms with Gasteiger partial charge in [-0.2, -0.15) is 0 Å². The van der Waals surface area contributed by atoms with Crippen molar-refractivity contribution < 1.29 is 9.15 Å².